The Morgan fingerprint density at radius 3 is 2.91 bits per heavy atom. The lowest BCUT2D eigenvalue weighted by Crippen LogP contribution is -2.32. The summed E-state index contributed by atoms with van der Waals surface area (Å²) in [6.45, 7) is 5.07. The van der Waals surface area contributed by atoms with E-state index >= 15 is 0 Å². The molecule has 1 aromatic heterocycles. The monoisotopic (exact) mass is 298 g/mol. The number of likely N-dealkylation sites (N-methyl/N-ethyl adjacent to an activating group) is 1. The van der Waals surface area contributed by atoms with E-state index in [1.807, 2.05) is 38.1 Å². The summed E-state index contributed by atoms with van der Waals surface area (Å²) >= 11 is 0. The number of esters is 1. The summed E-state index contributed by atoms with van der Waals surface area (Å²) in [5, 5.41) is 0.921. The molecule has 2 aromatic rings. The first-order valence-electron chi connectivity index (χ1n) is 7.46. The zero-order valence-corrected chi connectivity index (χ0v) is 12.7. The predicted octanol–water partition coefficient (Wildman–Crippen LogP) is 2.32. The molecule has 1 aliphatic heterocycles. The van der Waals surface area contributed by atoms with E-state index in [0.717, 1.165) is 16.5 Å². The van der Waals surface area contributed by atoms with Crippen LogP contribution in [0.1, 0.15) is 29.3 Å². The lowest BCUT2D eigenvalue weighted by atomic mass is 10.1. The van der Waals surface area contributed by atoms with Crippen LogP contribution in [0.25, 0.3) is 10.9 Å². The van der Waals surface area contributed by atoms with Gasteiger partial charge in [0.25, 0.3) is 5.91 Å². The van der Waals surface area contributed by atoms with Gasteiger partial charge in [0.1, 0.15) is 0 Å². The fourth-order valence-electron chi connectivity index (χ4n) is 2.81. The van der Waals surface area contributed by atoms with Crippen molar-refractivity contribution in [3.8, 4) is 0 Å². The third-order valence-electron chi connectivity index (χ3n) is 4.14. The van der Waals surface area contributed by atoms with Crippen LogP contribution in [0.4, 0.5) is 0 Å². The van der Waals surface area contributed by atoms with Crippen LogP contribution in [-0.2, 0) is 9.53 Å². The molecule has 1 amide bonds. The second kappa shape index (κ2) is 5.75. The van der Waals surface area contributed by atoms with Crippen molar-refractivity contribution in [3.63, 3.8) is 0 Å². The molecule has 3 rings (SSSR count). The van der Waals surface area contributed by atoms with Gasteiger partial charge in [0.05, 0.1) is 11.1 Å². The molecule has 0 saturated carbocycles. The summed E-state index contributed by atoms with van der Waals surface area (Å²) in [5.41, 5.74) is 2.08. The Kier molecular flexibility index (Phi) is 3.79. The van der Waals surface area contributed by atoms with Gasteiger partial charge in [-0.2, -0.15) is 0 Å². The molecule has 1 atom stereocenters. The highest BCUT2D eigenvalue weighted by Gasteiger charge is 2.34. The van der Waals surface area contributed by atoms with Gasteiger partial charge in [-0.25, -0.2) is 4.79 Å². The molecule has 1 aliphatic rings. The van der Waals surface area contributed by atoms with Crippen LogP contribution in [0.5, 0.6) is 0 Å². The zero-order valence-electron chi connectivity index (χ0n) is 12.7. The number of aryl methyl sites for hydroxylation is 1. The van der Waals surface area contributed by atoms with Gasteiger partial charge in [0, 0.05) is 31.1 Å². The number of nitrogens with zero attached hydrogens (tertiary/aromatic N) is 2. The van der Waals surface area contributed by atoms with Crippen LogP contribution in [0.3, 0.4) is 0 Å². The Morgan fingerprint density at radius 1 is 1.41 bits per heavy atom. The molecule has 1 saturated heterocycles. The molecule has 114 valence electrons. The molecule has 2 heterocycles. The Balaban J connectivity index is 1.84. The zero-order chi connectivity index (χ0) is 15.7. The molecular formula is C17H18N2O3. The SMILES string of the molecule is CCN1CCC(OC(=O)c2cnc3ccccc3c2C)C1=O. The second-order valence-corrected chi connectivity index (χ2v) is 5.41. The van der Waals surface area contributed by atoms with Crippen LogP contribution in [0.2, 0.25) is 0 Å². The van der Waals surface area contributed by atoms with E-state index in [2.05, 4.69) is 4.98 Å². The maximum absolute atomic E-state index is 12.4. The van der Waals surface area contributed by atoms with Crippen molar-refractivity contribution in [1.29, 1.82) is 0 Å². The van der Waals surface area contributed by atoms with Crippen molar-refractivity contribution >= 4 is 22.8 Å². The fourth-order valence-corrected chi connectivity index (χ4v) is 2.81. The van der Waals surface area contributed by atoms with E-state index in [1.165, 1.54) is 6.20 Å². The van der Waals surface area contributed by atoms with Crippen molar-refractivity contribution < 1.29 is 14.3 Å². The van der Waals surface area contributed by atoms with Crippen molar-refractivity contribution in [2.24, 2.45) is 0 Å². The molecule has 5 heteroatoms. The standard InChI is InChI=1S/C17H18N2O3/c1-3-19-9-8-15(16(19)20)22-17(21)13-10-18-14-7-5-4-6-12(14)11(13)2/h4-7,10,15H,3,8-9H2,1-2H3. The first-order valence-corrected chi connectivity index (χ1v) is 7.46. The molecule has 0 N–H and O–H groups in total. The van der Waals surface area contributed by atoms with Crippen LogP contribution < -0.4 is 0 Å². The van der Waals surface area contributed by atoms with E-state index in [1.54, 1.807) is 4.90 Å². The van der Waals surface area contributed by atoms with Gasteiger partial charge in [0.15, 0.2) is 6.10 Å². The molecule has 1 aromatic carbocycles. The number of para-hydroxylation sites is 1. The molecule has 1 unspecified atom stereocenters. The molecule has 22 heavy (non-hydrogen) atoms. The fraction of sp³-hybridized carbons (Fsp3) is 0.353. The Bertz CT molecular complexity index is 742. The van der Waals surface area contributed by atoms with Crippen LogP contribution >= 0.6 is 0 Å². The average Bonchev–Trinajstić information content (AvgIpc) is 2.88. The highest BCUT2D eigenvalue weighted by molar-refractivity contribution is 5.98. The third-order valence-corrected chi connectivity index (χ3v) is 4.14. The van der Waals surface area contributed by atoms with Crippen LogP contribution in [-0.4, -0.2) is 41.0 Å². The topological polar surface area (TPSA) is 59.5 Å². The first kappa shape index (κ1) is 14.5. The van der Waals surface area contributed by atoms with E-state index in [0.29, 0.717) is 25.1 Å². The molecule has 0 radical (unpaired) electrons. The van der Waals surface area contributed by atoms with Gasteiger partial charge < -0.3 is 9.64 Å². The number of carbonyl (C=O) groups is 2. The average molecular weight is 298 g/mol. The Morgan fingerprint density at radius 2 is 2.18 bits per heavy atom. The minimum absolute atomic E-state index is 0.109. The molecular weight excluding hydrogens is 280 g/mol. The number of rotatable bonds is 3. The molecule has 0 spiro atoms. The van der Waals surface area contributed by atoms with E-state index in [4.69, 9.17) is 4.74 Å². The first-order chi connectivity index (χ1) is 10.6. The number of hydrogen-bond acceptors (Lipinski definition) is 4. The quantitative estimate of drug-likeness (QED) is 0.816. The van der Waals surface area contributed by atoms with E-state index in [9.17, 15) is 9.59 Å². The lowest BCUT2D eigenvalue weighted by molar-refractivity contribution is -0.134. The number of ether oxygens (including phenoxy) is 1. The number of pyridine rings is 1. The van der Waals surface area contributed by atoms with Crippen molar-refractivity contribution in [2.45, 2.75) is 26.4 Å². The number of hydrogen-bond donors (Lipinski definition) is 0. The van der Waals surface area contributed by atoms with Gasteiger partial charge in [-0.3, -0.25) is 9.78 Å². The molecule has 5 nitrogen and oxygen atoms in total. The maximum Gasteiger partial charge on any atom is 0.340 e. The number of carbonyl (C=O) groups excluding carboxylic acids is 2. The minimum atomic E-state index is -0.668. The molecule has 1 fully saturated rings. The summed E-state index contributed by atoms with van der Waals surface area (Å²) in [4.78, 5) is 30.4. The van der Waals surface area contributed by atoms with Gasteiger partial charge in [-0.05, 0) is 25.5 Å². The Labute approximate surface area is 128 Å². The van der Waals surface area contributed by atoms with Crippen molar-refractivity contribution in [1.82, 2.24) is 9.88 Å². The van der Waals surface area contributed by atoms with Crippen LogP contribution in [0.15, 0.2) is 30.5 Å². The van der Waals surface area contributed by atoms with Gasteiger partial charge in [-0.1, -0.05) is 18.2 Å². The summed E-state index contributed by atoms with van der Waals surface area (Å²) in [5.74, 6) is -0.589. The number of fused-ring (bicyclic) bond motifs is 1. The smallest absolute Gasteiger partial charge is 0.340 e. The largest absolute Gasteiger partial charge is 0.449 e. The summed E-state index contributed by atoms with van der Waals surface area (Å²) in [7, 11) is 0. The van der Waals surface area contributed by atoms with Gasteiger partial charge in [-0.15, -0.1) is 0 Å². The minimum Gasteiger partial charge on any atom is -0.449 e. The molecule has 0 aliphatic carbocycles. The number of aromatic nitrogens is 1. The van der Waals surface area contributed by atoms with E-state index in [-0.39, 0.29) is 5.91 Å². The number of benzene rings is 1. The maximum atomic E-state index is 12.4. The highest BCUT2D eigenvalue weighted by atomic mass is 16.5. The van der Waals surface area contributed by atoms with E-state index < -0.39 is 12.1 Å². The van der Waals surface area contributed by atoms with Crippen molar-refractivity contribution in [3.05, 3.63) is 41.6 Å². The summed E-state index contributed by atoms with van der Waals surface area (Å²) in [6, 6.07) is 7.64. The second-order valence-electron chi connectivity index (χ2n) is 5.41. The number of amides is 1. The summed E-state index contributed by atoms with van der Waals surface area (Å²) in [6.07, 6.45) is 1.41. The van der Waals surface area contributed by atoms with Gasteiger partial charge >= 0.3 is 5.97 Å². The third kappa shape index (κ3) is 2.43. The highest BCUT2D eigenvalue weighted by Crippen LogP contribution is 2.22. The normalized spacial score (nSPS) is 18.0. The van der Waals surface area contributed by atoms with Crippen molar-refractivity contribution in [2.75, 3.05) is 13.1 Å². The Hall–Kier alpha value is -2.43. The van der Waals surface area contributed by atoms with Crippen LogP contribution in [0, 0.1) is 6.92 Å². The van der Waals surface area contributed by atoms with Gasteiger partial charge in [0.2, 0.25) is 0 Å². The summed E-state index contributed by atoms with van der Waals surface area (Å²) < 4.78 is 5.40. The predicted molar refractivity (Wildman–Crippen MR) is 82.6 cm³/mol. The lowest BCUT2D eigenvalue weighted by Gasteiger charge is -2.15. The number of likely N-dealkylation sites (tertiary alicyclic amines) is 1. The molecule has 0 bridgehead atoms.